The first-order valence-corrected chi connectivity index (χ1v) is 19.4. The molecule has 3 amide bonds. The molecule has 0 aromatic carbocycles. The molecule has 5 atom stereocenters. The van der Waals surface area contributed by atoms with Crippen molar-refractivity contribution in [3.05, 3.63) is 16.1 Å². The average Bonchev–Trinajstić information content (AvgIpc) is 3.58. The molecule has 280 valence electrons. The van der Waals surface area contributed by atoms with Crippen LogP contribution in [0.15, 0.2) is 5.38 Å². The van der Waals surface area contributed by atoms with Crippen LogP contribution >= 0.6 is 11.3 Å². The Kier molecular flexibility index (Phi) is 19.8. The van der Waals surface area contributed by atoms with E-state index in [2.05, 4.69) is 29.5 Å². The first-order chi connectivity index (χ1) is 23.4. The fourth-order valence-electron chi connectivity index (χ4n) is 5.99. The highest BCUT2D eigenvalue weighted by Gasteiger charge is 2.40. The zero-order chi connectivity index (χ0) is 36.3. The topological polar surface area (TPSA) is 150 Å². The maximum Gasteiger partial charge on any atom is 0.407 e. The summed E-state index contributed by atoms with van der Waals surface area (Å²) in [5, 5.41) is 18.6. The summed E-state index contributed by atoms with van der Waals surface area (Å²) in [5.41, 5.74) is -0.137. The predicted molar refractivity (Wildman–Crippen MR) is 192 cm³/mol. The van der Waals surface area contributed by atoms with Crippen LogP contribution in [0.5, 0.6) is 0 Å². The highest BCUT2D eigenvalue weighted by molar-refractivity contribution is 7.09. The maximum atomic E-state index is 14.6. The molecule has 1 aromatic rings. The molecule has 0 unspecified atom stereocenters. The monoisotopic (exact) mass is 709 g/mol. The Labute approximate surface area is 298 Å². The predicted octanol–water partition coefficient (Wildman–Crippen LogP) is 6.96. The molecule has 0 spiro atoms. The number of nitrogens with one attached hydrogen (secondary N) is 2. The molecule has 1 saturated heterocycles. The Hall–Kier alpha value is -2.77. The second-order valence-corrected chi connectivity index (χ2v) is 14.6. The lowest BCUT2D eigenvalue weighted by molar-refractivity contribution is -0.212. The van der Waals surface area contributed by atoms with Crippen molar-refractivity contribution in [2.45, 2.75) is 149 Å². The number of nitrogens with zero attached hydrogens (tertiary/aromatic N) is 3. The van der Waals surface area contributed by atoms with E-state index in [-0.39, 0.29) is 41.8 Å². The maximum absolute atomic E-state index is 14.6. The number of carboxylic acid groups (broad SMARTS) is 1. The molecule has 0 aliphatic carbocycles. The van der Waals surface area contributed by atoms with Crippen LogP contribution in [0.25, 0.3) is 0 Å². The summed E-state index contributed by atoms with van der Waals surface area (Å²) in [4.78, 5) is 65.6. The van der Waals surface area contributed by atoms with Gasteiger partial charge >= 0.3 is 12.1 Å². The van der Waals surface area contributed by atoms with Crippen molar-refractivity contribution >= 4 is 35.2 Å². The molecule has 1 fully saturated rings. The smallest absolute Gasteiger partial charge is 0.407 e. The lowest BCUT2D eigenvalue weighted by atomic mass is 9.93. The molecule has 0 radical (unpaired) electrons. The normalized spacial score (nSPS) is 17.6. The summed E-state index contributed by atoms with van der Waals surface area (Å²) in [6.45, 7) is 13.7. The third-order valence-electron chi connectivity index (χ3n) is 9.39. The average molecular weight is 710 g/mol. The van der Waals surface area contributed by atoms with E-state index in [0.717, 1.165) is 88.5 Å². The van der Waals surface area contributed by atoms with Crippen LogP contribution in [0.4, 0.5) is 4.79 Å². The third-order valence-corrected chi connectivity index (χ3v) is 10.3. The summed E-state index contributed by atoms with van der Waals surface area (Å²) in [6.07, 6.45) is 9.72. The van der Waals surface area contributed by atoms with Gasteiger partial charge in [-0.3, -0.25) is 19.3 Å². The molecule has 1 aliphatic heterocycles. The van der Waals surface area contributed by atoms with Gasteiger partial charge < -0.3 is 20.5 Å². The number of carboxylic acids is 1. The molecule has 12 nitrogen and oxygen atoms in total. The largest absolute Gasteiger partial charge is 0.476 e. The number of hydrogen-bond donors (Lipinski definition) is 3. The second-order valence-electron chi connectivity index (χ2n) is 13.7. The van der Waals surface area contributed by atoms with Crippen molar-refractivity contribution in [2.24, 2.45) is 11.8 Å². The number of likely N-dealkylation sites (tertiary alicyclic amines) is 1. The van der Waals surface area contributed by atoms with Gasteiger partial charge in [-0.05, 0) is 51.1 Å². The third kappa shape index (κ3) is 14.2. The SMILES string of the molecule is CCCCCCNC(=O)O[C@H](C[C@H](C(C)C)N(OCCCCCC)C(=O)[C@@H](NC(=O)[C@H]1CCCCN1C)[C@@H](C)CC)c1nc(C(=O)O)cs1. The molecular weight excluding hydrogens is 646 g/mol. The lowest BCUT2D eigenvalue weighted by Crippen LogP contribution is -2.58. The number of likely N-dealkylation sites (N-methyl/N-ethyl adjacent to an activating group) is 1. The first-order valence-electron chi connectivity index (χ1n) is 18.5. The van der Waals surface area contributed by atoms with Gasteiger partial charge in [-0.1, -0.05) is 92.9 Å². The fraction of sp³-hybridized carbons (Fsp3) is 0.806. The summed E-state index contributed by atoms with van der Waals surface area (Å²) in [6, 6.07) is -1.71. The number of ether oxygens (including phenoxy) is 1. The van der Waals surface area contributed by atoms with Crippen molar-refractivity contribution in [3.8, 4) is 0 Å². The van der Waals surface area contributed by atoms with Gasteiger partial charge in [0.2, 0.25) is 5.91 Å². The zero-order valence-corrected chi connectivity index (χ0v) is 31.8. The highest BCUT2D eigenvalue weighted by Crippen LogP contribution is 2.32. The van der Waals surface area contributed by atoms with Gasteiger partial charge in [0.25, 0.3) is 5.91 Å². The Balaban J connectivity index is 2.43. The van der Waals surface area contributed by atoms with Gasteiger partial charge in [0.05, 0.1) is 18.7 Å². The summed E-state index contributed by atoms with van der Waals surface area (Å²) >= 11 is 1.10. The number of amides is 3. The molecule has 0 saturated carbocycles. The Morgan fingerprint density at radius 1 is 1.04 bits per heavy atom. The minimum Gasteiger partial charge on any atom is -0.476 e. The second kappa shape index (κ2) is 22.8. The molecule has 13 heteroatoms. The molecule has 49 heavy (non-hydrogen) atoms. The Morgan fingerprint density at radius 2 is 1.73 bits per heavy atom. The van der Waals surface area contributed by atoms with E-state index in [0.29, 0.717) is 24.6 Å². The van der Waals surface area contributed by atoms with E-state index in [1.54, 1.807) is 0 Å². The van der Waals surface area contributed by atoms with E-state index >= 15 is 0 Å². The van der Waals surface area contributed by atoms with E-state index in [1.165, 1.54) is 10.4 Å². The highest BCUT2D eigenvalue weighted by atomic mass is 32.1. The number of alkyl carbamates (subject to hydrolysis) is 1. The van der Waals surface area contributed by atoms with E-state index < -0.39 is 30.3 Å². The summed E-state index contributed by atoms with van der Waals surface area (Å²) in [7, 11) is 1.94. The van der Waals surface area contributed by atoms with Gasteiger partial charge in [0.15, 0.2) is 11.8 Å². The fourth-order valence-corrected chi connectivity index (χ4v) is 6.83. The minimum atomic E-state index is -1.18. The number of rotatable bonds is 23. The number of aromatic carboxylic acids is 1. The van der Waals surface area contributed by atoms with E-state index in [1.807, 2.05) is 39.6 Å². The van der Waals surface area contributed by atoms with Crippen LogP contribution in [-0.2, 0) is 19.2 Å². The van der Waals surface area contributed by atoms with Crippen LogP contribution in [0.1, 0.15) is 147 Å². The van der Waals surface area contributed by atoms with Crippen LogP contribution in [0.2, 0.25) is 0 Å². The molecule has 2 rings (SSSR count). The van der Waals surface area contributed by atoms with Crippen LogP contribution in [0, 0.1) is 11.8 Å². The van der Waals surface area contributed by atoms with Gasteiger partial charge in [0.1, 0.15) is 11.0 Å². The number of carbonyl (C=O) groups is 4. The molecule has 1 aromatic heterocycles. The van der Waals surface area contributed by atoms with Gasteiger partial charge in [-0.25, -0.2) is 19.6 Å². The molecule has 2 heterocycles. The van der Waals surface area contributed by atoms with Crippen molar-refractivity contribution in [3.63, 3.8) is 0 Å². The first kappa shape index (κ1) is 42.4. The quantitative estimate of drug-likeness (QED) is 0.0810. The standard InChI is InChI=1S/C36H63N5O7S/c1-8-11-13-16-20-37-36(46)48-30(33-38-27(24-49-33)35(44)45)23-29(25(4)5)41(47-22-18-14-12-9-2)34(43)31(26(6)10-3)39-32(42)28-19-15-17-21-40(28)7/h24-26,28-31H,8-23H2,1-7H3,(H,37,46)(H,39,42)(H,44,45)/t26-,28+,29+,30+,31-/m0/s1. The van der Waals surface area contributed by atoms with E-state index in [9.17, 15) is 24.3 Å². The van der Waals surface area contributed by atoms with Crippen molar-refractivity contribution in [2.75, 3.05) is 26.7 Å². The Morgan fingerprint density at radius 3 is 2.33 bits per heavy atom. The number of unbranched alkanes of at least 4 members (excludes halogenated alkanes) is 6. The number of piperidine rings is 1. The summed E-state index contributed by atoms with van der Waals surface area (Å²) in [5.74, 6) is -2.01. The van der Waals surface area contributed by atoms with Gasteiger partial charge in [-0.2, -0.15) is 0 Å². The van der Waals surface area contributed by atoms with Crippen LogP contribution in [0.3, 0.4) is 0 Å². The number of thiazole rings is 1. The van der Waals surface area contributed by atoms with Crippen molar-refractivity contribution in [1.82, 2.24) is 25.6 Å². The van der Waals surface area contributed by atoms with Gasteiger partial charge in [0, 0.05) is 18.3 Å². The lowest BCUT2D eigenvalue weighted by Gasteiger charge is -2.39. The Bertz CT molecular complexity index is 1150. The minimum absolute atomic E-state index is 0.126. The number of hydrogen-bond acceptors (Lipinski definition) is 9. The number of aromatic nitrogens is 1. The van der Waals surface area contributed by atoms with Crippen LogP contribution < -0.4 is 10.6 Å². The molecule has 3 N–H and O–H groups in total. The number of carbonyl (C=O) groups excluding carboxylic acids is 3. The molecular formula is C36H63N5O7S. The number of hydroxylamine groups is 2. The summed E-state index contributed by atoms with van der Waals surface area (Å²) < 4.78 is 5.93. The van der Waals surface area contributed by atoms with Crippen LogP contribution in [-0.4, -0.2) is 88.8 Å². The van der Waals surface area contributed by atoms with Crippen molar-refractivity contribution in [1.29, 1.82) is 0 Å². The van der Waals surface area contributed by atoms with Crippen molar-refractivity contribution < 1.29 is 33.9 Å². The zero-order valence-electron chi connectivity index (χ0n) is 31.0. The van der Waals surface area contributed by atoms with Gasteiger partial charge in [-0.15, -0.1) is 11.3 Å². The molecule has 0 bridgehead atoms. The van der Waals surface area contributed by atoms with E-state index in [4.69, 9.17) is 9.57 Å². The molecule has 1 aliphatic rings.